The Kier molecular flexibility index (Phi) is 2.44. The molecule has 11 heavy (non-hydrogen) atoms. The predicted octanol–water partition coefficient (Wildman–Crippen LogP) is 0.891. The van der Waals surface area contributed by atoms with Gasteiger partial charge in [0.25, 0.3) is 0 Å². The molecule has 0 spiro atoms. The van der Waals surface area contributed by atoms with Crippen LogP contribution in [0.5, 0.6) is 0 Å². The third kappa shape index (κ3) is 1.49. The fourth-order valence-electron chi connectivity index (χ4n) is 0.939. The van der Waals surface area contributed by atoms with Crippen molar-refractivity contribution in [2.24, 2.45) is 0 Å². The van der Waals surface area contributed by atoms with Crippen molar-refractivity contribution in [3.05, 3.63) is 25.4 Å². The van der Waals surface area contributed by atoms with Gasteiger partial charge in [-0.3, -0.25) is 9.69 Å². The molecule has 1 unspecified atom stereocenters. The summed E-state index contributed by atoms with van der Waals surface area (Å²) in [5.74, 6) is 0.0639. The molecule has 1 fully saturated rings. The summed E-state index contributed by atoms with van der Waals surface area (Å²) in [6.45, 7) is 7.47. The molecule has 0 bridgehead atoms. The second-order valence-electron chi connectivity index (χ2n) is 2.26. The summed E-state index contributed by atoms with van der Waals surface area (Å²) in [6, 6.07) is 0. The van der Waals surface area contributed by atoms with Gasteiger partial charge in [0, 0.05) is 6.20 Å². The van der Waals surface area contributed by atoms with E-state index in [4.69, 9.17) is 4.74 Å². The highest BCUT2D eigenvalue weighted by atomic mass is 16.5. The smallest absolute Gasteiger partial charge is 0.233 e. The zero-order valence-electron chi connectivity index (χ0n) is 6.32. The van der Waals surface area contributed by atoms with E-state index in [0.29, 0.717) is 13.0 Å². The van der Waals surface area contributed by atoms with Gasteiger partial charge in [-0.25, -0.2) is 0 Å². The molecule has 0 radical (unpaired) electrons. The van der Waals surface area contributed by atoms with Crippen LogP contribution in [0.1, 0.15) is 6.42 Å². The summed E-state index contributed by atoms with van der Waals surface area (Å²) >= 11 is 0. The number of hydrogen-bond donors (Lipinski definition) is 0. The van der Waals surface area contributed by atoms with Crippen LogP contribution in [0.2, 0.25) is 0 Å². The largest absolute Gasteiger partial charge is 0.353 e. The van der Waals surface area contributed by atoms with Crippen molar-refractivity contribution < 1.29 is 9.53 Å². The molecule has 1 rings (SSSR count). The standard InChI is InChI=1S/C8H11NO2/c1-3-5-11-8-6-7(10)9(8)4-2/h3-4,8H,1-2,5-6H2. The minimum atomic E-state index is -0.113. The van der Waals surface area contributed by atoms with Gasteiger partial charge in [0.2, 0.25) is 5.91 Å². The van der Waals surface area contributed by atoms with Crippen molar-refractivity contribution in [2.75, 3.05) is 6.61 Å². The highest BCUT2D eigenvalue weighted by Gasteiger charge is 2.34. The monoisotopic (exact) mass is 153 g/mol. The van der Waals surface area contributed by atoms with Crippen LogP contribution in [0.4, 0.5) is 0 Å². The Morgan fingerprint density at radius 2 is 2.45 bits per heavy atom. The number of carbonyl (C=O) groups excluding carboxylic acids is 1. The minimum Gasteiger partial charge on any atom is -0.353 e. The van der Waals surface area contributed by atoms with Crippen LogP contribution in [0.15, 0.2) is 25.4 Å². The van der Waals surface area contributed by atoms with Crippen LogP contribution in [-0.2, 0) is 9.53 Å². The normalized spacial score (nSPS) is 22.7. The number of rotatable bonds is 4. The Balaban J connectivity index is 2.32. The lowest BCUT2D eigenvalue weighted by atomic mass is 10.2. The lowest BCUT2D eigenvalue weighted by molar-refractivity contribution is -0.163. The molecule has 0 aromatic carbocycles. The SMILES string of the molecule is C=CCOC1CC(=O)N1C=C. The van der Waals surface area contributed by atoms with E-state index in [-0.39, 0.29) is 12.1 Å². The number of carbonyl (C=O) groups is 1. The number of ether oxygens (including phenoxy) is 1. The topological polar surface area (TPSA) is 29.5 Å². The average molecular weight is 153 g/mol. The predicted molar refractivity (Wildman–Crippen MR) is 41.6 cm³/mol. The highest BCUT2D eigenvalue weighted by molar-refractivity contribution is 5.83. The molecule has 0 aromatic rings. The molecule has 0 saturated carbocycles. The van der Waals surface area contributed by atoms with Crippen LogP contribution in [-0.4, -0.2) is 23.6 Å². The molecule has 1 heterocycles. The molecular weight excluding hydrogens is 142 g/mol. The van der Waals surface area contributed by atoms with E-state index in [1.165, 1.54) is 11.1 Å². The molecule has 60 valence electrons. The first-order valence-electron chi connectivity index (χ1n) is 3.46. The number of likely N-dealkylation sites (tertiary alicyclic amines) is 1. The van der Waals surface area contributed by atoms with E-state index in [1.54, 1.807) is 6.08 Å². The van der Waals surface area contributed by atoms with E-state index >= 15 is 0 Å². The second-order valence-corrected chi connectivity index (χ2v) is 2.26. The van der Waals surface area contributed by atoms with Crippen LogP contribution in [0.25, 0.3) is 0 Å². The van der Waals surface area contributed by atoms with Crippen molar-refractivity contribution in [1.82, 2.24) is 4.90 Å². The Labute approximate surface area is 65.9 Å². The van der Waals surface area contributed by atoms with Gasteiger partial charge in [0.05, 0.1) is 13.0 Å². The second kappa shape index (κ2) is 3.34. The first-order chi connectivity index (χ1) is 5.29. The number of nitrogens with zero attached hydrogens (tertiary/aromatic N) is 1. The number of hydrogen-bond acceptors (Lipinski definition) is 2. The van der Waals surface area contributed by atoms with Crippen LogP contribution in [0, 0.1) is 0 Å². The van der Waals surface area contributed by atoms with Crippen molar-refractivity contribution in [1.29, 1.82) is 0 Å². The Morgan fingerprint density at radius 3 is 2.91 bits per heavy atom. The molecule has 1 aliphatic heterocycles. The lowest BCUT2D eigenvalue weighted by Gasteiger charge is -2.36. The fourth-order valence-corrected chi connectivity index (χ4v) is 0.939. The molecule has 1 aliphatic rings. The summed E-state index contributed by atoms with van der Waals surface area (Å²) in [7, 11) is 0. The molecule has 1 atom stereocenters. The van der Waals surface area contributed by atoms with E-state index in [1.807, 2.05) is 0 Å². The third-order valence-corrected chi connectivity index (χ3v) is 1.55. The van der Waals surface area contributed by atoms with E-state index in [9.17, 15) is 4.79 Å². The van der Waals surface area contributed by atoms with Gasteiger partial charge in [-0.2, -0.15) is 0 Å². The van der Waals surface area contributed by atoms with Crippen LogP contribution in [0.3, 0.4) is 0 Å². The van der Waals surface area contributed by atoms with Gasteiger partial charge < -0.3 is 4.74 Å². The fraction of sp³-hybridized carbons (Fsp3) is 0.375. The summed E-state index contributed by atoms with van der Waals surface area (Å²) < 4.78 is 5.22. The van der Waals surface area contributed by atoms with E-state index in [2.05, 4.69) is 13.2 Å². The van der Waals surface area contributed by atoms with Crippen molar-refractivity contribution in [3.8, 4) is 0 Å². The highest BCUT2D eigenvalue weighted by Crippen LogP contribution is 2.19. The summed E-state index contributed by atoms with van der Waals surface area (Å²) in [5, 5.41) is 0. The first-order valence-corrected chi connectivity index (χ1v) is 3.46. The van der Waals surface area contributed by atoms with Gasteiger partial charge in [0.1, 0.15) is 6.23 Å². The lowest BCUT2D eigenvalue weighted by Crippen LogP contribution is -2.50. The van der Waals surface area contributed by atoms with Gasteiger partial charge in [-0.1, -0.05) is 12.7 Å². The molecule has 1 amide bonds. The van der Waals surface area contributed by atoms with Gasteiger partial charge in [0.15, 0.2) is 0 Å². The molecule has 0 aromatic heterocycles. The molecule has 3 nitrogen and oxygen atoms in total. The first kappa shape index (κ1) is 8.01. The summed E-state index contributed by atoms with van der Waals surface area (Å²) in [4.78, 5) is 12.3. The minimum absolute atomic E-state index is 0.0639. The maximum atomic E-state index is 10.8. The van der Waals surface area contributed by atoms with Gasteiger partial charge in [-0.05, 0) is 0 Å². The number of β-lactam (4-membered cyclic amide) rings is 1. The van der Waals surface area contributed by atoms with Gasteiger partial charge in [-0.15, -0.1) is 6.58 Å². The average Bonchev–Trinajstić information content (AvgIpc) is 1.98. The summed E-state index contributed by atoms with van der Waals surface area (Å²) in [5.41, 5.74) is 0. The molecule has 0 aliphatic carbocycles. The zero-order valence-corrected chi connectivity index (χ0v) is 6.32. The molecule has 3 heteroatoms. The molecule has 0 N–H and O–H groups in total. The Morgan fingerprint density at radius 1 is 1.73 bits per heavy atom. The van der Waals surface area contributed by atoms with Gasteiger partial charge >= 0.3 is 0 Å². The number of amides is 1. The maximum absolute atomic E-state index is 10.8. The molecule has 1 saturated heterocycles. The molecular formula is C8H11NO2. The quantitative estimate of drug-likeness (QED) is 0.443. The van der Waals surface area contributed by atoms with Crippen molar-refractivity contribution in [3.63, 3.8) is 0 Å². The van der Waals surface area contributed by atoms with Crippen molar-refractivity contribution >= 4 is 5.91 Å². The van der Waals surface area contributed by atoms with Crippen LogP contribution < -0.4 is 0 Å². The van der Waals surface area contributed by atoms with Crippen LogP contribution >= 0.6 is 0 Å². The Hall–Kier alpha value is -1.09. The Bertz CT molecular complexity index is 189. The summed E-state index contributed by atoms with van der Waals surface area (Å²) in [6.07, 6.45) is 3.49. The zero-order chi connectivity index (χ0) is 8.27. The third-order valence-electron chi connectivity index (χ3n) is 1.55. The van der Waals surface area contributed by atoms with E-state index in [0.717, 1.165) is 0 Å². The maximum Gasteiger partial charge on any atom is 0.233 e. The van der Waals surface area contributed by atoms with Crippen molar-refractivity contribution in [2.45, 2.75) is 12.6 Å². The van der Waals surface area contributed by atoms with E-state index < -0.39 is 0 Å².